The number of nitrogens with zero attached hydrogens (tertiary/aromatic N) is 1. The highest BCUT2D eigenvalue weighted by Gasteiger charge is 2.28. The van der Waals surface area contributed by atoms with E-state index in [2.05, 4.69) is 5.32 Å². The summed E-state index contributed by atoms with van der Waals surface area (Å²) in [6, 6.07) is 11.9. The summed E-state index contributed by atoms with van der Waals surface area (Å²) in [6.45, 7) is 0.116. The van der Waals surface area contributed by atoms with Crippen LogP contribution in [-0.4, -0.2) is 19.7 Å². The minimum Gasteiger partial charge on any atom is -0.472 e. The van der Waals surface area contributed by atoms with Gasteiger partial charge in [0, 0.05) is 18.8 Å². The number of rotatable bonds is 2. The molecule has 0 bridgehead atoms. The molecule has 1 aliphatic heterocycles. The van der Waals surface area contributed by atoms with Crippen molar-refractivity contribution in [1.82, 2.24) is 0 Å². The number of benzene rings is 2. The minimum atomic E-state index is -0.474. The Bertz CT molecular complexity index is 658. The number of hydrogen-bond donors (Lipinski definition) is 1. The van der Waals surface area contributed by atoms with Crippen molar-refractivity contribution in [1.29, 1.82) is 0 Å². The predicted molar refractivity (Wildman–Crippen MR) is 74.7 cm³/mol. The maximum Gasteiger partial charge on any atom is 0.264 e. The van der Waals surface area contributed by atoms with Crippen LogP contribution >= 0.6 is 0 Å². The van der Waals surface area contributed by atoms with E-state index in [1.54, 1.807) is 7.05 Å². The Kier molecular flexibility index (Phi) is 3.02. The molecule has 1 aliphatic rings. The van der Waals surface area contributed by atoms with Crippen LogP contribution in [0.4, 0.5) is 15.8 Å². The summed E-state index contributed by atoms with van der Waals surface area (Å²) in [6.07, 6.45) is 0. The first-order chi connectivity index (χ1) is 9.70. The largest absolute Gasteiger partial charge is 0.472 e. The molecule has 0 fully saturated rings. The van der Waals surface area contributed by atoms with E-state index in [0.29, 0.717) is 11.4 Å². The SMILES string of the molecule is CNc1cc2c(cc1F)C(=O)N(c1ccccc1)CO2. The fourth-order valence-electron chi connectivity index (χ4n) is 2.17. The van der Waals surface area contributed by atoms with Crippen LogP contribution in [0.1, 0.15) is 10.4 Å². The Morgan fingerprint density at radius 2 is 2.00 bits per heavy atom. The third kappa shape index (κ3) is 1.97. The van der Waals surface area contributed by atoms with E-state index in [0.717, 1.165) is 5.69 Å². The van der Waals surface area contributed by atoms with Crippen LogP contribution in [0.5, 0.6) is 5.75 Å². The van der Waals surface area contributed by atoms with Gasteiger partial charge in [-0.25, -0.2) is 4.39 Å². The number of nitrogens with one attached hydrogen (secondary N) is 1. The van der Waals surface area contributed by atoms with Gasteiger partial charge in [-0.1, -0.05) is 18.2 Å². The molecule has 0 saturated heterocycles. The molecule has 2 aromatic rings. The van der Waals surface area contributed by atoms with E-state index in [-0.39, 0.29) is 18.2 Å². The molecule has 0 saturated carbocycles. The topological polar surface area (TPSA) is 41.6 Å². The number of carbonyl (C=O) groups is 1. The average Bonchev–Trinajstić information content (AvgIpc) is 2.48. The lowest BCUT2D eigenvalue weighted by Gasteiger charge is -2.29. The van der Waals surface area contributed by atoms with Crippen molar-refractivity contribution >= 4 is 17.3 Å². The second kappa shape index (κ2) is 4.85. The molecule has 0 spiro atoms. The summed E-state index contributed by atoms with van der Waals surface area (Å²) in [5.74, 6) is -0.343. The van der Waals surface area contributed by atoms with E-state index < -0.39 is 5.82 Å². The van der Waals surface area contributed by atoms with Gasteiger partial charge in [-0.15, -0.1) is 0 Å². The molecule has 3 rings (SSSR count). The molecule has 1 heterocycles. The summed E-state index contributed by atoms with van der Waals surface area (Å²) >= 11 is 0. The molecule has 4 nitrogen and oxygen atoms in total. The Hall–Kier alpha value is -2.56. The summed E-state index contributed by atoms with van der Waals surface area (Å²) in [4.78, 5) is 13.9. The fourth-order valence-corrected chi connectivity index (χ4v) is 2.17. The number of halogens is 1. The van der Waals surface area contributed by atoms with E-state index >= 15 is 0 Å². The zero-order chi connectivity index (χ0) is 14.1. The number of hydrogen-bond acceptors (Lipinski definition) is 3. The molecule has 0 aliphatic carbocycles. The molecule has 1 N–H and O–H groups in total. The highest BCUT2D eigenvalue weighted by atomic mass is 19.1. The molecule has 0 aromatic heterocycles. The monoisotopic (exact) mass is 272 g/mol. The second-order valence-corrected chi connectivity index (χ2v) is 4.42. The molecule has 1 amide bonds. The molecule has 0 unspecified atom stereocenters. The maximum atomic E-state index is 13.8. The fraction of sp³-hybridized carbons (Fsp3) is 0.133. The van der Waals surface area contributed by atoms with Gasteiger partial charge in [-0.2, -0.15) is 0 Å². The van der Waals surface area contributed by atoms with Crippen LogP contribution in [0.25, 0.3) is 0 Å². The van der Waals surface area contributed by atoms with Crippen LogP contribution in [-0.2, 0) is 0 Å². The standard InChI is InChI=1S/C15H13FN2O2/c1-17-13-8-14-11(7-12(13)16)15(19)18(9-20-14)10-5-3-2-4-6-10/h2-8,17H,9H2,1H3. The Morgan fingerprint density at radius 3 is 2.70 bits per heavy atom. The molecular formula is C15H13FN2O2. The molecule has 20 heavy (non-hydrogen) atoms. The van der Waals surface area contributed by atoms with Gasteiger partial charge < -0.3 is 10.1 Å². The normalized spacial score (nSPS) is 13.7. The molecule has 102 valence electrons. The van der Waals surface area contributed by atoms with E-state index in [1.807, 2.05) is 30.3 Å². The van der Waals surface area contributed by atoms with Gasteiger partial charge in [-0.3, -0.25) is 9.69 Å². The van der Waals surface area contributed by atoms with Gasteiger partial charge in [0.05, 0.1) is 11.3 Å². The van der Waals surface area contributed by atoms with E-state index in [9.17, 15) is 9.18 Å². The van der Waals surface area contributed by atoms with Gasteiger partial charge in [0.1, 0.15) is 11.6 Å². The summed E-state index contributed by atoms with van der Waals surface area (Å²) in [7, 11) is 1.62. The molecular weight excluding hydrogens is 259 g/mol. The molecule has 2 aromatic carbocycles. The maximum absolute atomic E-state index is 13.8. The smallest absolute Gasteiger partial charge is 0.264 e. The van der Waals surface area contributed by atoms with Crippen molar-refractivity contribution in [3.63, 3.8) is 0 Å². The van der Waals surface area contributed by atoms with Crippen molar-refractivity contribution in [3.8, 4) is 5.75 Å². The lowest BCUT2D eigenvalue weighted by Crippen LogP contribution is -2.38. The number of amides is 1. The Morgan fingerprint density at radius 1 is 1.25 bits per heavy atom. The van der Waals surface area contributed by atoms with Crippen molar-refractivity contribution in [2.75, 3.05) is 24.0 Å². The Labute approximate surface area is 115 Å². The van der Waals surface area contributed by atoms with Crippen molar-refractivity contribution < 1.29 is 13.9 Å². The summed E-state index contributed by atoms with van der Waals surface area (Å²) in [5.41, 5.74) is 1.27. The first-order valence-corrected chi connectivity index (χ1v) is 6.21. The van der Waals surface area contributed by atoms with Crippen LogP contribution < -0.4 is 15.0 Å². The number of ether oxygens (including phenoxy) is 1. The molecule has 0 radical (unpaired) electrons. The highest BCUT2D eigenvalue weighted by Crippen LogP contribution is 2.32. The lowest BCUT2D eigenvalue weighted by molar-refractivity contribution is 0.0936. The van der Waals surface area contributed by atoms with Crippen molar-refractivity contribution in [3.05, 3.63) is 53.8 Å². The van der Waals surface area contributed by atoms with Crippen LogP contribution in [0.2, 0.25) is 0 Å². The zero-order valence-corrected chi connectivity index (χ0v) is 10.9. The van der Waals surface area contributed by atoms with E-state index in [1.165, 1.54) is 17.0 Å². The number of anilines is 2. The van der Waals surface area contributed by atoms with Gasteiger partial charge in [0.25, 0.3) is 5.91 Å². The van der Waals surface area contributed by atoms with Gasteiger partial charge in [0.15, 0.2) is 6.73 Å². The second-order valence-electron chi connectivity index (χ2n) is 4.42. The average molecular weight is 272 g/mol. The lowest BCUT2D eigenvalue weighted by atomic mass is 10.1. The van der Waals surface area contributed by atoms with Crippen LogP contribution in [0, 0.1) is 5.82 Å². The predicted octanol–water partition coefficient (Wildman–Crippen LogP) is 2.86. The first-order valence-electron chi connectivity index (χ1n) is 6.21. The minimum absolute atomic E-state index is 0.116. The van der Waals surface area contributed by atoms with Crippen molar-refractivity contribution in [2.45, 2.75) is 0 Å². The summed E-state index contributed by atoms with van der Waals surface area (Å²) in [5, 5.41) is 2.72. The van der Waals surface area contributed by atoms with Crippen molar-refractivity contribution in [2.24, 2.45) is 0 Å². The van der Waals surface area contributed by atoms with Gasteiger partial charge in [-0.05, 0) is 18.2 Å². The number of fused-ring (bicyclic) bond motifs is 1. The van der Waals surface area contributed by atoms with Gasteiger partial charge >= 0.3 is 0 Å². The highest BCUT2D eigenvalue weighted by molar-refractivity contribution is 6.09. The first kappa shape index (κ1) is 12.5. The quantitative estimate of drug-likeness (QED) is 0.914. The number of carbonyl (C=O) groups excluding carboxylic acids is 1. The Balaban J connectivity index is 2.01. The third-order valence-corrected chi connectivity index (χ3v) is 3.23. The third-order valence-electron chi connectivity index (χ3n) is 3.23. The van der Waals surface area contributed by atoms with Crippen LogP contribution in [0.15, 0.2) is 42.5 Å². The summed E-state index contributed by atoms with van der Waals surface area (Å²) < 4.78 is 19.3. The van der Waals surface area contributed by atoms with Gasteiger partial charge in [0.2, 0.25) is 0 Å². The zero-order valence-electron chi connectivity index (χ0n) is 10.9. The van der Waals surface area contributed by atoms with Crippen LogP contribution in [0.3, 0.4) is 0 Å². The number of para-hydroxylation sites is 1. The molecule has 0 atom stereocenters. The molecule has 5 heteroatoms. The van der Waals surface area contributed by atoms with E-state index in [4.69, 9.17) is 4.74 Å².